The lowest BCUT2D eigenvalue weighted by Crippen LogP contribution is -2.30. The molecule has 0 aliphatic carbocycles. The van der Waals surface area contributed by atoms with Crippen molar-refractivity contribution in [2.45, 2.75) is 5.75 Å². The lowest BCUT2D eigenvalue weighted by atomic mass is 10.2. The summed E-state index contributed by atoms with van der Waals surface area (Å²) in [5.41, 5.74) is 1.25. The summed E-state index contributed by atoms with van der Waals surface area (Å²) in [5, 5.41) is 13.3. The Bertz CT molecular complexity index is 662. The number of hydrogen-bond donors (Lipinski definition) is 1. The first-order valence-electron chi connectivity index (χ1n) is 7.41. The molecule has 126 valence electrons. The molecular formula is C17H18N2O4S. The minimum absolute atomic E-state index is 0.0118. The zero-order valence-electron chi connectivity index (χ0n) is 13.0. The van der Waals surface area contributed by atoms with Gasteiger partial charge >= 0.3 is 0 Å². The second kappa shape index (κ2) is 9.57. The molecule has 0 aliphatic rings. The topological polar surface area (TPSA) is 81.5 Å². The Morgan fingerprint density at radius 3 is 2.50 bits per heavy atom. The highest BCUT2D eigenvalue weighted by Gasteiger charge is 2.06. The van der Waals surface area contributed by atoms with Crippen LogP contribution in [0.25, 0.3) is 0 Å². The number of nitrogens with one attached hydrogen (secondary N) is 1. The van der Waals surface area contributed by atoms with Crippen molar-refractivity contribution < 1.29 is 14.5 Å². The van der Waals surface area contributed by atoms with Gasteiger partial charge < -0.3 is 10.1 Å². The third-order valence-corrected chi connectivity index (χ3v) is 4.13. The van der Waals surface area contributed by atoms with Crippen molar-refractivity contribution in [1.29, 1.82) is 0 Å². The van der Waals surface area contributed by atoms with Crippen molar-refractivity contribution >= 4 is 23.4 Å². The molecule has 1 amide bonds. The average molecular weight is 346 g/mol. The molecule has 0 heterocycles. The maximum Gasteiger partial charge on any atom is 0.269 e. The molecule has 2 rings (SSSR count). The van der Waals surface area contributed by atoms with Crippen molar-refractivity contribution in [3.05, 3.63) is 70.3 Å². The molecule has 0 spiro atoms. The third-order valence-electron chi connectivity index (χ3n) is 3.10. The van der Waals surface area contributed by atoms with E-state index < -0.39 is 4.92 Å². The summed E-state index contributed by atoms with van der Waals surface area (Å²) >= 11 is 1.75. The first kappa shape index (κ1) is 17.8. The fraction of sp³-hybridized carbons (Fsp3) is 0.235. The summed E-state index contributed by atoms with van der Waals surface area (Å²) in [6.45, 7) is 0.459. The number of ether oxygens (including phenoxy) is 1. The molecule has 0 atom stereocenters. The highest BCUT2D eigenvalue weighted by Crippen LogP contribution is 2.17. The molecule has 2 aromatic carbocycles. The Balaban J connectivity index is 1.59. The number of benzene rings is 2. The Hall–Kier alpha value is -2.54. The van der Waals surface area contributed by atoms with E-state index in [1.165, 1.54) is 29.8 Å². The molecule has 6 nitrogen and oxygen atoms in total. The Kier molecular flexibility index (Phi) is 7.10. The van der Waals surface area contributed by atoms with E-state index in [1.54, 1.807) is 11.8 Å². The minimum Gasteiger partial charge on any atom is -0.484 e. The lowest BCUT2D eigenvalue weighted by molar-refractivity contribution is -0.384. The second-order valence-electron chi connectivity index (χ2n) is 4.93. The number of nitro groups is 1. The predicted molar refractivity (Wildman–Crippen MR) is 94.2 cm³/mol. The number of carbonyl (C=O) groups is 1. The van der Waals surface area contributed by atoms with Gasteiger partial charge in [-0.15, -0.1) is 0 Å². The SMILES string of the molecule is O=C(COc1ccc([N+](=O)[O-])cc1)NCCSCc1ccccc1. The molecule has 0 unspecified atom stereocenters. The van der Waals surface area contributed by atoms with E-state index in [-0.39, 0.29) is 18.2 Å². The number of hydrogen-bond acceptors (Lipinski definition) is 5. The zero-order chi connectivity index (χ0) is 17.2. The maximum absolute atomic E-state index is 11.7. The van der Waals surface area contributed by atoms with Gasteiger partial charge in [0.05, 0.1) is 4.92 Å². The van der Waals surface area contributed by atoms with Gasteiger partial charge in [0.15, 0.2) is 6.61 Å². The van der Waals surface area contributed by atoms with Crippen molar-refractivity contribution in [1.82, 2.24) is 5.32 Å². The number of nitrogens with zero attached hydrogens (tertiary/aromatic N) is 1. The van der Waals surface area contributed by atoms with Crippen molar-refractivity contribution in [3.63, 3.8) is 0 Å². The molecule has 1 N–H and O–H groups in total. The van der Waals surface area contributed by atoms with Crippen LogP contribution in [0.4, 0.5) is 5.69 Å². The van der Waals surface area contributed by atoms with E-state index in [1.807, 2.05) is 18.2 Å². The molecule has 24 heavy (non-hydrogen) atoms. The van der Waals surface area contributed by atoms with E-state index in [4.69, 9.17) is 4.74 Å². The fourth-order valence-corrected chi connectivity index (χ4v) is 2.71. The Morgan fingerprint density at radius 1 is 1.12 bits per heavy atom. The Morgan fingerprint density at radius 2 is 1.83 bits per heavy atom. The largest absolute Gasteiger partial charge is 0.484 e. The van der Waals surface area contributed by atoms with Crippen LogP contribution in [0, 0.1) is 10.1 Å². The van der Waals surface area contributed by atoms with Crippen LogP contribution in [0.15, 0.2) is 54.6 Å². The molecule has 0 bridgehead atoms. The zero-order valence-corrected chi connectivity index (χ0v) is 13.8. The molecular weight excluding hydrogens is 328 g/mol. The van der Waals surface area contributed by atoms with Crippen LogP contribution in [-0.4, -0.2) is 29.7 Å². The second-order valence-corrected chi connectivity index (χ2v) is 6.03. The molecule has 2 aromatic rings. The molecule has 7 heteroatoms. The number of nitro benzene ring substituents is 1. The van der Waals surface area contributed by atoms with E-state index in [2.05, 4.69) is 17.4 Å². The van der Waals surface area contributed by atoms with E-state index in [0.717, 1.165) is 11.5 Å². The normalized spacial score (nSPS) is 10.2. The van der Waals surface area contributed by atoms with Crippen LogP contribution in [0.3, 0.4) is 0 Å². The fourth-order valence-electron chi connectivity index (χ4n) is 1.89. The van der Waals surface area contributed by atoms with Crippen LogP contribution < -0.4 is 10.1 Å². The molecule has 0 aliphatic heterocycles. The first-order chi connectivity index (χ1) is 11.6. The first-order valence-corrected chi connectivity index (χ1v) is 8.56. The third kappa shape index (κ3) is 6.29. The summed E-state index contributed by atoms with van der Waals surface area (Å²) in [6.07, 6.45) is 0. The molecule has 0 fully saturated rings. The van der Waals surface area contributed by atoms with Gasteiger partial charge in [0.1, 0.15) is 5.75 Å². The summed E-state index contributed by atoms with van der Waals surface area (Å²) < 4.78 is 5.29. The maximum atomic E-state index is 11.7. The number of non-ortho nitro benzene ring substituents is 1. The van der Waals surface area contributed by atoms with Crippen LogP contribution in [-0.2, 0) is 10.5 Å². The van der Waals surface area contributed by atoms with Crippen molar-refractivity contribution in [2.75, 3.05) is 18.9 Å². The van der Waals surface area contributed by atoms with Gasteiger partial charge in [0, 0.05) is 30.2 Å². The van der Waals surface area contributed by atoms with Crippen LogP contribution in [0.5, 0.6) is 5.75 Å². The quantitative estimate of drug-likeness (QED) is 0.429. The highest BCUT2D eigenvalue weighted by molar-refractivity contribution is 7.98. The van der Waals surface area contributed by atoms with Crippen LogP contribution >= 0.6 is 11.8 Å². The minimum atomic E-state index is -0.483. The number of thioether (sulfide) groups is 1. The van der Waals surface area contributed by atoms with Gasteiger partial charge in [-0.05, 0) is 17.7 Å². The van der Waals surface area contributed by atoms with Crippen LogP contribution in [0.1, 0.15) is 5.56 Å². The molecule has 0 saturated carbocycles. The van der Waals surface area contributed by atoms with Crippen molar-refractivity contribution in [2.24, 2.45) is 0 Å². The molecule has 0 radical (unpaired) electrons. The standard InChI is InChI=1S/C17H18N2O4S/c20-17(12-23-16-8-6-15(7-9-16)19(21)22)18-10-11-24-13-14-4-2-1-3-5-14/h1-9H,10-13H2,(H,18,20). The van der Waals surface area contributed by atoms with Gasteiger partial charge in [0.25, 0.3) is 11.6 Å². The predicted octanol–water partition coefficient (Wildman–Crippen LogP) is 3.02. The van der Waals surface area contributed by atoms with Gasteiger partial charge in [0.2, 0.25) is 0 Å². The summed E-state index contributed by atoms with van der Waals surface area (Å²) in [7, 11) is 0. The summed E-state index contributed by atoms with van der Waals surface area (Å²) in [6, 6.07) is 15.8. The molecule has 0 saturated heterocycles. The smallest absolute Gasteiger partial charge is 0.269 e. The van der Waals surface area contributed by atoms with Gasteiger partial charge in [-0.25, -0.2) is 0 Å². The molecule has 0 aromatic heterocycles. The lowest BCUT2D eigenvalue weighted by Gasteiger charge is -2.07. The number of carbonyl (C=O) groups excluding carboxylic acids is 1. The van der Waals surface area contributed by atoms with Crippen molar-refractivity contribution in [3.8, 4) is 5.75 Å². The monoisotopic (exact) mass is 346 g/mol. The van der Waals surface area contributed by atoms with Gasteiger partial charge in [-0.3, -0.25) is 14.9 Å². The number of amides is 1. The number of rotatable bonds is 9. The summed E-state index contributed by atoms with van der Waals surface area (Å²) in [4.78, 5) is 21.7. The van der Waals surface area contributed by atoms with Gasteiger partial charge in [-0.2, -0.15) is 11.8 Å². The van der Waals surface area contributed by atoms with E-state index in [0.29, 0.717) is 12.3 Å². The van der Waals surface area contributed by atoms with E-state index in [9.17, 15) is 14.9 Å². The average Bonchev–Trinajstić information content (AvgIpc) is 2.61. The van der Waals surface area contributed by atoms with Gasteiger partial charge in [-0.1, -0.05) is 30.3 Å². The highest BCUT2D eigenvalue weighted by atomic mass is 32.2. The Labute approximate surface area is 144 Å². The summed E-state index contributed by atoms with van der Waals surface area (Å²) in [5.74, 6) is 1.94. The van der Waals surface area contributed by atoms with E-state index >= 15 is 0 Å². The van der Waals surface area contributed by atoms with Crippen LogP contribution in [0.2, 0.25) is 0 Å².